The van der Waals surface area contributed by atoms with E-state index >= 15 is 0 Å². The summed E-state index contributed by atoms with van der Waals surface area (Å²) in [5.41, 5.74) is 3.52. The zero-order valence-corrected chi connectivity index (χ0v) is 13.2. The molecule has 3 aromatic rings. The Balaban J connectivity index is 1.65. The highest BCUT2D eigenvalue weighted by Crippen LogP contribution is 2.18. The van der Waals surface area contributed by atoms with Crippen molar-refractivity contribution in [1.82, 2.24) is 9.97 Å². The molecule has 0 atom stereocenters. The Hall–Kier alpha value is -2.82. The molecule has 1 amide bonds. The van der Waals surface area contributed by atoms with Crippen LogP contribution in [0.15, 0.2) is 42.5 Å². The lowest BCUT2D eigenvalue weighted by atomic mass is 10.1. The average Bonchev–Trinajstić information content (AvgIpc) is 2.89. The first-order chi connectivity index (χ1) is 11.1. The average molecular weight is 309 g/mol. The number of aromatic amines is 1. The molecule has 23 heavy (non-hydrogen) atoms. The highest BCUT2D eigenvalue weighted by atomic mass is 16.5. The molecule has 0 aliphatic heterocycles. The molecule has 0 radical (unpaired) electrons. The number of benzene rings is 2. The van der Waals surface area contributed by atoms with Gasteiger partial charge < -0.3 is 15.0 Å². The quantitative estimate of drug-likeness (QED) is 0.758. The Morgan fingerprint density at radius 3 is 2.74 bits per heavy atom. The Labute approximate surface area is 134 Å². The van der Waals surface area contributed by atoms with Crippen LogP contribution in [0.25, 0.3) is 11.0 Å². The predicted molar refractivity (Wildman–Crippen MR) is 90.8 cm³/mol. The lowest BCUT2D eigenvalue weighted by Crippen LogP contribution is -2.14. The summed E-state index contributed by atoms with van der Waals surface area (Å²) in [7, 11) is 0. The van der Waals surface area contributed by atoms with E-state index in [1.165, 1.54) is 0 Å². The van der Waals surface area contributed by atoms with Crippen molar-refractivity contribution >= 4 is 22.6 Å². The molecule has 118 valence electrons. The van der Waals surface area contributed by atoms with Gasteiger partial charge in [0.05, 0.1) is 24.1 Å². The molecule has 0 fully saturated rings. The van der Waals surface area contributed by atoms with Gasteiger partial charge in [0.25, 0.3) is 0 Å². The summed E-state index contributed by atoms with van der Waals surface area (Å²) >= 11 is 0. The van der Waals surface area contributed by atoms with Crippen LogP contribution in [0.2, 0.25) is 0 Å². The van der Waals surface area contributed by atoms with E-state index < -0.39 is 0 Å². The standard InChI is InChI=1S/C18H19N3O2/c1-3-23-15-7-4-13(5-8-15)10-18(22)21-14-6-9-16-17(11-14)20-12(2)19-16/h4-9,11H,3,10H2,1-2H3,(H,19,20)(H,21,22). The van der Waals surface area contributed by atoms with Crippen LogP contribution >= 0.6 is 0 Å². The number of fused-ring (bicyclic) bond motifs is 1. The van der Waals surface area contributed by atoms with Crippen LogP contribution in [0.5, 0.6) is 5.75 Å². The number of nitrogens with zero attached hydrogens (tertiary/aromatic N) is 1. The SMILES string of the molecule is CCOc1ccc(CC(=O)Nc2ccc3nc(C)[nH]c3c2)cc1. The smallest absolute Gasteiger partial charge is 0.228 e. The first-order valence-electron chi connectivity index (χ1n) is 7.62. The van der Waals surface area contributed by atoms with E-state index in [1.54, 1.807) is 0 Å². The number of hydrogen-bond acceptors (Lipinski definition) is 3. The zero-order valence-electron chi connectivity index (χ0n) is 13.2. The minimum absolute atomic E-state index is 0.0512. The fourth-order valence-corrected chi connectivity index (χ4v) is 2.48. The first kappa shape index (κ1) is 15.1. The Bertz CT molecular complexity index is 822. The molecule has 1 aromatic heterocycles. The first-order valence-corrected chi connectivity index (χ1v) is 7.62. The second-order valence-corrected chi connectivity index (χ2v) is 5.36. The number of imidazole rings is 1. The molecule has 0 unspecified atom stereocenters. The second-order valence-electron chi connectivity index (χ2n) is 5.36. The van der Waals surface area contributed by atoms with Gasteiger partial charge in [-0.3, -0.25) is 4.79 Å². The van der Waals surface area contributed by atoms with Crippen molar-refractivity contribution in [2.75, 3.05) is 11.9 Å². The lowest BCUT2D eigenvalue weighted by Gasteiger charge is -2.07. The van der Waals surface area contributed by atoms with Crippen LogP contribution < -0.4 is 10.1 Å². The topological polar surface area (TPSA) is 67.0 Å². The number of hydrogen-bond donors (Lipinski definition) is 2. The molecule has 5 heteroatoms. The number of aryl methyl sites for hydroxylation is 1. The fourth-order valence-electron chi connectivity index (χ4n) is 2.48. The van der Waals surface area contributed by atoms with Gasteiger partial charge in [-0.05, 0) is 49.7 Å². The molecule has 3 rings (SSSR count). The normalized spacial score (nSPS) is 10.7. The molecule has 0 bridgehead atoms. The summed E-state index contributed by atoms with van der Waals surface area (Å²) in [6, 6.07) is 13.2. The molecule has 5 nitrogen and oxygen atoms in total. The van der Waals surface area contributed by atoms with Crippen molar-refractivity contribution in [2.24, 2.45) is 0 Å². The van der Waals surface area contributed by atoms with E-state index in [1.807, 2.05) is 56.3 Å². The fraction of sp³-hybridized carbons (Fsp3) is 0.222. The predicted octanol–water partition coefficient (Wildman–Crippen LogP) is 3.45. The summed E-state index contributed by atoms with van der Waals surface area (Å²) in [4.78, 5) is 19.7. The van der Waals surface area contributed by atoms with Crippen LogP contribution in [-0.2, 0) is 11.2 Å². The van der Waals surface area contributed by atoms with Gasteiger partial charge in [-0.15, -0.1) is 0 Å². The van der Waals surface area contributed by atoms with Crippen molar-refractivity contribution in [2.45, 2.75) is 20.3 Å². The van der Waals surface area contributed by atoms with Gasteiger partial charge >= 0.3 is 0 Å². The van der Waals surface area contributed by atoms with Crippen molar-refractivity contribution in [1.29, 1.82) is 0 Å². The van der Waals surface area contributed by atoms with Crippen molar-refractivity contribution < 1.29 is 9.53 Å². The van der Waals surface area contributed by atoms with Gasteiger partial charge in [-0.1, -0.05) is 12.1 Å². The number of aromatic nitrogens is 2. The summed E-state index contributed by atoms with van der Waals surface area (Å²) in [5.74, 6) is 1.62. The van der Waals surface area contributed by atoms with Gasteiger partial charge in [0.15, 0.2) is 0 Å². The molecule has 0 spiro atoms. The van der Waals surface area contributed by atoms with E-state index in [9.17, 15) is 4.79 Å². The maximum Gasteiger partial charge on any atom is 0.228 e. The lowest BCUT2D eigenvalue weighted by molar-refractivity contribution is -0.115. The van der Waals surface area contributed by atoms with Crippen molar-refractivity contribution in [3.8, 4) is 5.75 Å². The molecule has 2 aromatic carbocycles. The van der Waals surface area contributed by atoms with Gasteiger partial charge in [0.1, 0.15) is 11.6 Å². The van der Waals surface area contributed by atoms with E-state index in [4.69, 9.17) is 4.74 Å². The van der Waals surface area contributed by atoms with Gasteiger partial charge in [-0.25, -0.2) is 4.98 Å². The minimum atomic E-state index is -0.0512. The summed E-state index contributed by atoms with van der Waals surface area (Å²) in [5, 5.41) is 2.91. The van der Waals surface area contributed by atoms with Gasteiger partial charge in [0.2, 0.25) is 5.91 Å². The monoisotopic (exact) mass is 309 g/mol. The van der Waals surface area contributed by atoms with Crippen LogP contribution in [0.1, 0.15) is 18.3 Å². The molecule has 0 saturated carbocycles. The number of nitrogens with one attached hydrogen (secondary N) is 2. The molecule has 2 N–H and O–H groups in total. The van der Waals surface area contributed by atoms with Crippen molar-refractivity contribution in [3.63, 3.8) is 0 Å². The molecular formula is C18H19N3O2. The van der Waals surface area contributed by atoms with Gasteiger partial charge in [0, 0.05) is 5.69 Å². The van der Waals surface area contributed by atoms with E-state index in [0.717, 1.165) is 33.9 Å². The van der Waals surface area contributed by atoms with Crippen LogP contribution in [0.4, 0.5) is 5.69 Å². The van der Waals surface area contributed by atoms with E-state index in [2.05, 4.69) is 15.3 Å². The Kier molecular flexibility index (Phi) is 4.28. The summed E-state index contributed by atoms with van der Waals surface area (Å²) in [6.45, 7) is 4.49. The number of carbonyl (C=O) groups is 1. The highest BCUT2D eigenvalue weighted by molar-refractivity contribution is 5.94. The molecular weight excluding hydrogens is 290 g/mol. The van der Waals surface area contributed by atoms with Crippen LogP contribution in [-0.4, -0.2) is 22.5 Å². The van der Waals surface area contributed by atoms with E-state index in [-0.39, 0.29) is 5.91 Å². The molecule has 1 heterocycles. The third-order valence-corrected chi connectivity index (χ3v) is 3.48. The largest absolute Gasteiger partial charge is 0.494 e. The third kappa shape index (κ3) is 3.69. The summed E-state index contributed by atoms with van der Waals surface area (Å²) in [6.07, 6.45) is 0.326. The van der Waals surface area contributed by atoms with Gasteiger partial charge in [-0.2, -0.15) is 0 Å². The van der Waals surface area contributed by atoms with Crippen LogP contribution in [0.3, 0.4) is 0 Å². The third-order valence-electron chi connectivity index (χ3n) is 3.48. The number of carbonyl (C=O) groups excluding carboxylic acids is 1. The number of amides is 1. The van der Waals surface area contributed by atoms with E-state index in [0.29, 0.717) is 13.0 Å². The van der Waals surface area contributed by atoms with Crippen molar-refractivity contribution in [3.05, 3.63) is 53.9 Å². The minimum Gasteiger partial charge on any atom is -0.494 e. The maximum absolute atomic E-state index is 12.2. The molecule has 0 saturated heterocycles. The molecule has 0 aliphatic rings. The number of anilines is 1. The van der Waals surface area contributed by atoms with Crippen LogP contribution in [0, 0.1) is 6.92 Å². The molecule has 0 aliphatic carbocycles. The maximum atomic E-state index is 12.2. The Morgan fingerprint density at radius 1 is 1.22 bits per heavy atom. The summed E-state index contributed by atoms with van der Waals surface area (Å²) < 4.78 is 5.39. The number of ether oxygens (including phenoxy) is 1. The number of H-pyrrole nitrogens is 1. The number of rotatable bonds is 5. The Morgan fingerprint density at radius 2 is 2.00 bits per heavy atom. The highest BCUT2D eigenvalue weighted by Gasteiger charge is 2.06. The second kappa shape index (κ2) is 6.52. The zero-order chi connectivity index (χ0) is 16.2.